The van der Waals surface area contributed by atoms with Crippen LogP contribution in [-0.4, -0.2) is 6.54 Å². The first kappa shape index (κ1) is 8.70. The minimum Gasteiger partial charge on any atom is -0.310 e. The van der Waals surface area contributed by atoms with E-state index in [-0.39, 0.29) is 5.82 Å². The number of nitrogens with one attached hydrogen (secondary N) is 1. The molecule has 2 heteroatoms. The van der Waals surface area contributed by atoms with Gasteiger partial charge in [0, 0.05) is 6.04 Å². The highest BCUT2D eigenvalue weighted by Gasteiger charge is 2.23. The Kier molecular flexibility index (Phi) is 2.32. The van der Waals surface area contributed by atoms with E-state index in [0.717, 1.165) is 6.54 Å². The van der Waals surface area contributed by atoms with Crippen LogP contribution in [0.1, 0.15) is 24.9 Å². The van der Waals surface area contributed by atoms with Crippen molar-refractivity contribution in [2.45, 2.75) is 19.4 Å². The second kappa shape index (κ2) is 3.46. The van der Waals surface area contributed by atoms with Gasteiger partial charge in [-0.25, -0.2) is 4.39 Å². The molecule has 1 fully saturated rings. The molecule has 0 unspecified atom stereocenters. The summed E-state index contributed by atoms with van der Waals surface area (Å²) in [6.45, 7) is 3.30. The molecule has 1 aromatic rings. The van der Waals surface area contributed by atoms with E-state index in [4.69, 9.17) is 0 Å². The quantitative estimate of drug-likeness (QED) is 0.698. The zero-order chi connectivity index (χ0) is 9.26. The van der Waals surface area contributed by atoms with Crippen LogP contribution in [-0.2, 0) is 0 Å². The third-order valence-electron chi connectivity index (χ3n) is 2.76. The highest BCUT2D eigenvalue weighted by atomic mass is 19.1. The molecule has 1 aliphatic rings. The fourth-order valence-electron chi connectivity index (χ4n) is 1.95. The van der Waals surface area contributed by atoms with Gasteiger partial charge in [0.2, 0.25) is 0 Å². The Morgan fingerprint density at radius 1 is 1.31 bits per heavy atom. The van der Waals surface area contributed by atoms with Crippen molar-refractivity contribution < 1.29 is 4.39 Å². The minimum absolute atomic E-state index is 0.158. The maximum atomic E-state index is 12.7. The Balaban J connectivity index is 2.20. The molecule has 1 aromatic carbocycles. The van der Waals surface area contributed by atoms with E-state index in [1.165, 1.54) is 24.1 Å². The van der Waals surface area contributed by atoms with Gasteiger partial charge in [-0.15, -0.1) is 0 Å². The van der Waals surface area contributed by atoms with E-state index in [1.807, 2.05) is 12.1 Å². The van der Waals surface area contributed by atoms with Crippen molar-refractivity contribution in [2.24, 2.45) is 5.92 Å². The van der Waals surface area contributed by atoms with E-state index in [1.54, 1.807) is 0 Å². The van der Waals surface area contributed by atoms with Crippen LogP contribution in [0.3, 0.4) is 0 Å². The lowest BCUT2D eigenvalue weighted by Gasteiger charge is -2.15. The molecule has 2 rings (SSSR count). The third-order valence-corrected chi connectivity index (χ3v) is 2.76. The standard InChI is InChI=1S/C11H14FN/c1-8-6-7-13-11(8)9-2-4-10(12)5-3-9/h2-5,8,11,13H,6-7H2,1H3/t8-,11+/m1/s1. The van der Waals surface area contributed by atoms with Gasteiger partial charge in [0.05, 0.1) is 0 Å². The topological polar surface area (TPSA) is 12.0 Å². The molecule has 13 heavy (non-hydrogen) atoms. The van der Waals surface area contributed by atoms with Crippen molar-refractivity contribution in [2.75, 3.05) is 6.54 Å². The molecule has 70 valence electrons. The summed E-state index contributed by atoms with van der Waals surface area (Å²) in [5.41, 5.74) is 1.20. The van der Waals surface area contributed by atoms with Crippen LogP contribution >= 0.6 is 0 Å². The Morgan fingerprint density at radius 3 is 2.54 bits per heavy atom. The van der Waals surface area contributed by atoms with Crippen molar-refractivity contribution in [3.05, 3.63) is 35.6 Å². The fourth-order valence-corrected chi connectivity index (χ4v) is 1.95. The normalized spacial score (nSPS) is 27.8. The van der Waals surface area contributed by atoms with Gasteiger partial charge in [-0.05, 0) is 36.6 Å². The first-order valence-electron chi connectivity index (χ1n) is 4.76. The molecular weight excluding hydrogens is 165 g/mol. The van der Waals surface area contributed by atoms with Crippen LogP contribution < -0.4 is 5.32 Å². The average molecular weight is 179 g/mol. The van der Waals surface area contributed by atoms with E-state index in [2.05, 4.69) is 12.2 Å². The first-order valence-corrected chi connectivity index (χ1v) is 4.76. The zero-order valence-electron chi connectivity index (χ0n) is 7.76. The van der Waals surface area contributed by atoms with E-state index in [0.29, 0.717) is 12.0 Å². The maximum absolute atomic E-state index is 12.7. The van der Waals surface area contributed by atoms with Crippen molar-refractivity contribution in [3.8, 4) is 0 Å². The summed E-state index contributed by atoms with van der Waals surface area (Å²) >= 11 is 0. The Hall–Kier alpha value is -0.890. The third kappa shape index (κ3) is 1.73. The predicted octanol–water partition coefficient (Wildman–Crippen LogP) is 2.50. The lowest BCUT2D eigenvalue weighted by molar-refractivity contribution is 0.502. The van der Waals surface area contributed by atoms with Gasteiger partial charge >= 0.3 is 0 Å². The van der Waals surface area contributed by atoms with Gasteiger partial charge in [-0.1, -0.05) is 19.1 Å². The van der Waals surface area contributed by atoms with Gasteiger partial charge in [-0.3, -0.25) is 0 Å². The van der Waals surface area contributed by atoms with Crippen LogP contribution in [0.15, 0.2) is 24.3 Å². The van der Waals surface area contributed by atoms with Crippen LogP contribution in [0.25, 0.3) is 0 Å². The number of benzene rings is 1. The highest BCUT2D eigenvalue weighted by molar-refractivity contribution is 5.21. The zero-order valence-corrected chi connectivity index (χ0v) is 7.76. The predicted molar refractivity (Wildman–Crippen MR) is 50.9 cm³/mol. The van der Waals surface area contributed by atoms with Crippen molar-refractivity contribution in [3.63, 3.8) is 0 Å². The molecule has 1 heterocycles. The summed E-state index contributed by atoms with van der Waals surface area (Å²) in [5, 5.41) is 3.42. The lowest BCUT2D eigenvalue weighted by atomic mass is 9.96. The first-order chi connectivity index (χ1) is 6.27. The van der Waals surface area contributed by atoms with E-state index in [9.17, 15) is 4.39 Å². The molecular formula is C11H14FN. The molecule has 0 saturated carbocycles. The Morgan fingerprint density at radius 2 is 2.00 bits per heavy atom. The monoisotopic (exact) mass is 179 g/mol. The number of hydrogen-bond donors (Lipinski definition) is 1. The lowest BCUT2D eigenvalue weighted by Crippen LogP contribution is -2.16. The molecule has 1 aliphatic heterocycles. The molecule has 0 spiro atoms. The largest absolute Gasteiger partial charge is 0.310 e. The van der Waals surface area contributed by atoms with Gasteiger partial charge in [0.1, 0.15) is 5.82 Å². The Bertz CT molecular complexity index is 281. The number of halogens is 1. The fraction of sp³-hybridized carbons (Fsp3) is 0.455. The molecule has 0 aromatic heterocycles. The molecule has 1 nitrogen and oxygen atoms in total. The van der Waals surface area contributed by atoms with Crippen LogP contribution in [0.5, 0.6) is 0 Å². The van der Waals surface area contributed by atoms with Crippen molar-refractivity contribution in [1.29, 1.82) is 0 Å². The SMILES string of the molecule is C[C@@H]1CCN[C@@H]1c1ccc(F)cc1. The highest BCUT2D eigenvalue weighted by Crippen LogP contribution is 2.28. The van der Waals surface area contributed by atoms with Gasteiger partial charge in [-0.2, -0.15) is 0 Å². The smallest absolute Gasteiger partial charge is 0.123 e. The second-order valence-corrected chi connectivity index (χ2v) is 3.75. The summed E-state index contributed by atoms with van der Waals surface area (Å²) in [6.07, 6.45) is 1.21. The molecule has 0 aliphatic carbocycles. The van der Waals surface area contributed by atoms with Crippen molar-refractivity contribution >= 4 is 0 Å². The molecule has 2 atom stereocenters. The second-order valence-electron chi connectivity index (χ2n) is 3.75. The number of rotatable bonds is 1. The van der Waals surface area contributed by atoms with E-state index < -0.39 is 0 Å². The molecule has 1 N–H and O–H groups in total. The van der Waals surface area contributed by atoms with Crippen LogP contribution in [0.4, 0.5) is 4.39 Å². The van der Waals surface area contributed by atoms with Crippen LogP contribution in [0.2, 0.25) is 0 Å². The number of hydrogen-bond acceptors (Lipinski definition) is 1. The molecule has 1 saturated heterocycles. The van der Waals surface area contributed by atoms with Gasteiger partial charge in [0.25, 0.3) is 0 Å². The van der Waals surface area contributed by atoms with E-state index >= 15 is 0 Å². The van der Waals surface area contributed by atoms with Gasteiger partial charge < -0.3 is 5.32 Å². The summed E-state index contributed by atoms with van der Waals surface area (Å²) in [7, 11) is 0. The maximum Gasteiger partial charge on any atom is 0.123 e. The molecule has 0 amide bonds. The van der Waals surface area contributed by atoms with Gasteiger partial charge in [0.15, 0.2) is 0 Å². The molecule has 0 bridgehead atoms. The summed E-state index contributed by atoms with van der Waals surface area (Å²) in [4.78, 5) is 0. The average Bonchev–Trinajstić information content (AvgIpc) is 2.53. The summed E-state index contributed by atoms with van der Waals surface area (Å²) < 4.78 is 12.7. The summed E-state index contributed by atoms with van der Waals surface area (Å²) in [6, 6.07) is 7.22. The minimum atomic E-state index is -0.158. The Labute approximate surface area is 78.0 Å². The van der Waals surface area contributed by atoms with Crippen LogP contribution in [0, 0.1) is 11.7 Å². The van der Waals surface area contributed by atoms with Crippen molar-refractivity contribution in [1.82, 2.24) is 5.32 Å². The molecule has 0 radical (unpaired) electrons. The summed E-state index contributed by atoms with van der Waals surface area (Å²) in [5.74, 6) is 0.500.